The van der Waals surface area contributed by atoms with E-state index >= 15 is 0 Å². The summed E-state index contributed by atoms with van der Waals surface area (Å²) in [6.07, 6.45) is 3.82. The minimum absolute atomic E-state index is 0.0444. The van der Waals surface area contributed by atoms with Gasteiger partial charge in [0.1, 0.15) is 9.88 Å². The van der Waals surface area contributed by atoms with Crippen molar-refractivity contribution in [3.63, 3.8) is 0 Å². The molecule has 1 atom stereocenters. The molecule has 136 valence electrons. The molecule has 0 saturated carbocycles. The van der Waals surface area contributed by atoms with Crippen LogP contribution in [-0.4, -0.2) is 36.9 Å². The van der Waals surface area contributed by atoms with E-state index in [1.165, 1.54) is 11.3 Å². The van der Waals surface area contributed by atoms with Crippen LogP contribution in [0.1, 0.15) is 40.1 Å². The summed E-state index contributed by atoms with van der Waals surface area (Å²) < 4.78 is 1.98. The van der Waals surface area contributed by atoms with Gasteiger partial charge < -0.3 is 4.90 Å². The molecule has 6 nitrogen and oxygen atoms in total. The average molecular weight is 396 g/mol. The third-order valence-electron chi connectivity index (χ3n) is 4.87. The van der Waals surface area contributed by atoms with Gasteiger partial charge in [0.15, 0.2) is 11.5 Å². The monoisotopic (exact) mass is 395 g/mol. The van der Waals surface area contributed by atoms with Crippen LogP contribution in [0.15, 0.2) is 41.9 Å². The Morgan fingerprint density at radius 3 is 3.00 bits per heavy atom. The fourth-order valence-electron chi connectivity index (χ4n) is 3.60. The van der Waals surface area contributed by atoms with Crippen molar-refractivity contribution in [2.24, 2.45) is 0 Å². The van der Waals surface area contributed by atoms with Gasteiger partial charge in [0.2, 0.25) is 0 Å². The van der Waals surface area contributed by atoms with Crippen molar-refractivity contribution >= 4 is 34.2 Å². The number of nitrogens with zero attached hydrogens (tertiary/aromatic N) is 5. The van der Waals surface area contributed by atoms with E-state index in [-0.39, 0.29) is 11.9 Å². The van der Waals surface area contributed by atoms with Crippen molar-refractivity contribution in [3.05, 3.63) is 58.3 Å². The molecule has 5 heterocycles. The van der Waals surface area contributed by atoms with Crippen LogP contribution < -0.4 is 0 Å². The smallest absolute Gasteiger partial charge is 0.266 e. The maximum Gasteiger partial charge on any atom is 0.266 e. The molecule has 1 aliphatic heterocycles. The molecular formula is C19H17N5OS2. The Morgan fingerprint density at radius 1 is 1.22 bits per heavy atom. The van der Waals surface area contributed by atoms with Gasteiger partial charge in [-0.3, -0.25) is 9.20 Å². The molecule has 27 heavy (non-hydrogen) atoms. The third-order valence-corrected chi connectivity index (χ3v) is 7.06. The average Bonchev–Trinajstić information content (AvgIpc) is 3.45. The number of amides is 1. The zero-order valence-corrected chi connectivity index (χ0v) is 16.3. The van der Waals surface area contributed by atoms with Gasteiger partial charge in [0.25, 0.3) is 5.91 Å². The number of carbonyl (C=O) groups excluding carboxylic acids is 1. The zero-order valence-electron chi connectivity index (χ0n) is 14.7. The van der Waals surface area contributed by atoms with E-state index in [0.717, 1.165) is 51.3 Å². The number of hydrogen-bond donors (Lipinski definition) is 0. The lowest BCUT2D eigenvalue weighted by Gasteiger charge is -2.23. The number of hydrogen-bond acceptors (Lipinski definition) is 6. The van der Waals surface area contributed by atoms with Crippen molar-refractivity contribution in [3.8, 4) is 9.88 Å². The van der Waals surface area contributed by atoms with Gasteiger partial charge in [-0.05, 0) is 43.3 Å². The first-order valence-electron chi connectivity index (χ1n) is 8.84. The fraction of sp³-hybridized carbons (Fsp3) is 0.263. The summed E-state index contributed by atoms with van der Waals surface area (Å²) in [5, 5.41) is 11.6. The van der Waals surface area contributed by atoms with Crippen LogP contribution in [0.3, 0.4) is 0 Å². The molecule has 4 aromatic heterocycles. The van der Waals surface area contributed by atoms with E-state index in [1.54, 1.807) is 11.3 Å². The molecule has 0 N–H and O–H groups in total. The van der Waals surface area contributed by atoms with Gasteiger partial charge >= 0.3 is 0 Å². The molecule has 1 aliphatic rings. The van der Waals surface area contributed by atoms with E-state index < -0.39 is 0 Å². The van der Waals surface area contributed by atoms with E-state index in [4.69, 9.17) is 0 Å². The molecule has 0 spiro atoms. The van der Waals surface area contributed by atoms with Gasteiger partial charge in [-0.25, -0.2) is 4.98 Å². The van der Waals surface area contributed by atoms with Crippen LogP contribution in [-0.2, 0) is 0 Å². The maximum atomic E-state index is 13.3. The molecule has 0 radical (unpaired) electrons. The van der Waals surface area contributed by atoms with Gasteiger partial charge in [0, 0.05) is 12.7 Å². The molecule has 8 heteroatoms. The third kappa shape index (κ3) is 2.76. The number of carbonyl (C=O) groups is 1. The molecule has 1 amide bonds. The van der Waals surface area contributed by atoms with Crippen LogP contribution in [0.5, 0.6) is 0 Å². The first-order chi connectivity index (χ1) is 13.2. The molecule has 5 rings (SSSR count). The van der Waals surface area contributed by atoms with Crippen LogP contribution in [0.25, 0.3) is 15.5 Å². The lowest BCUT2D eigenvalue weighted by molar-refractivity contribution is 0.0733. The first kappa shape index (κ1) is 16.6. The largest absolute Gasteiger partial charge is 0.328 e. The van der Waals surface area contributed by atoms with E-state index in [9.17, 15) is 4.79 Å². The molecule has 1 fully saturated rings. The number of thiazole rings is 1. The van der Waals surface area contributed by atoms with Crippen LogP contribution >= 0.6 is 22.7 Å². The summed E-state index contributed by atoms with van der Waals surface area (Å²) in [6, 6.07) is 9.82. The van der Waals surface area contributed by atoms with Crippen molar-refractivity contribution in [1.82, 2.24) is 24.5 Å². The standard InChI is InChI=1S/C19H17N5OS2/c1-12-16(27-18(20-12)14-7-5-11-26-14)19(25)23-10-4-6-13(23)17-22-21-15-8-2-3-9-24(15)17/h2-3,5,7-9,11,13H,4,6,10H2,1H3/t13-/m0/s1. The Hall–Kier alpha value is -2.58. The second-order valence-electron chi connectivity index (χ2n) is 6.55. The lowest BCUT2D eigenvalue weighted by atomic mass is 10.2. The van der Waals surface area contributed by atoms with E-state index in [2.05, 4.69) is 15.2 Å². The van der Waals surface area contributed by atoms with E-state index in [1.807, 2.05) is 58.1 Å². The predicted octanol–water partition coefficient (Wildman–Crippen LogP) is 4.20. The molecule has 0 unspecified atom stereocenters. The summed E-state index contributed by atoms with van der Waals surface area (Å²) in [5.74, 6) is 0.875. The number of rotatable bonds is 3. The highest BCUT2D eigenvalue weighted by Gasteiger charge is 2.35. The number of aromatic nitrogens is 4. The fourth-order valence-corrected chi connectivity index (χ4v) is 5.42. The number of pyridine rings is 1. The number of likely N-dealkylation sites (tertiary alicyclic amines) is 1. The summed E-state index contributed by atoms with van der Waals surface area (Å²) in [6.45, 7) is 2.65. The Kier molecular flexibility index (Phi) is 4.02. The second kappa shape index (κ2) is 6.54. The minimum atomic E-state index is -0.0541. The highest BCUT2D eigenvalue weighted by Crippen LogP contribution is 2.36. The number of thiophene rings is 1. The molecular weight excluding hydrogens is 378 g/mol. The maximum absolute atomic E-state index is 13.3. The molecule has 0 bridgehead atoms. The molecule has 0 aliphatic carbocycles. The topological polar surface area (TPSA) is 63.4 Å². The molecule has 4 aromatic rings. The SMILES string of the molecule is Cc1nc(-c2cccs2)sc1C(=O)N1CCC[C@H]1c1nnc2ccccn12. The normalized spacial score (nSPS) is 17.1. The van der Waals surface area contributed by atoms with Crippen LogP contribution in [0.4, 0.5) is 0 Å². The molecule has 0 aromatic carbocycles. The van der Waals surface area contributed by atoms with Gasteiger partial charge in [-0.1, -0.05) is 12.1 Å². The van der Waals surface area contributed by atoms with Crippen molar-refractivity contribution in [2.75, 3.05) is 6.54 Å². The summed E-state index contributed by atoms with van der Waals surface area (Å²) in [4.78, 5) is 21.7. The number of aryl methyl sites for hydroxylation is 1. The van der Waals surface area contributed by atoms with Crippen LogP contribution in [0, 0.1) is 6.92 Å². The highest BCUT2D eigenvalue weighted by atomic mass is 32.1. The first-order valence-corrected chi connectivity index (χ1v) is 10.5. The molecule has 1 saturated heterocycles. The Labute approximate surface area is 164 Å². The minimum Gasteiger partial charge on any atom is -0.328 e. The number of fused-ring (bicyclic) bond motifs is 1. The Morgan fingerprint density at radius 2 is 2.15 bits per heavy atom. The summed E-state index contributed by atoms with van der Waals surface area (Å²) in [7, 11) is 0. The van der Waals surface area contributed by atoms with Crippen molar-refractivity contribution in [2.45, 2.75) is 25.8 Å². The summed E-state index contributed by atoms with van der Waals surface area (Å²) >= 11 is 3.12. The predicted molar refractivity (Wildman–Crippen MR) is 106 cm³/mol. The Balaban J connectivity index is 1.49. The van der Waals surface area contributed by atoms with Crippen molar-refractivity contribution in [1.29, 1.82) is 0 Å². The second-order valence-corrected chi connectivity index (χ2v) is 8.50. The van der Waals surface area contributed by atoms with Crippen molar-refractivity contribution < 1.29 is 4.79 Å². The zero-order chi connectivity index (χ0) is 18.4. The quantitative estimate of drug-likeness (QED) is 0.521. The van der Waals surface area contributed by atoms with Gasteiger partial charge in [0.05, 0.1) is 16.6 Å². The van der Waals surface area contributed by atoms with Crippen LogP contribution in [0.2, 0.25) is 0 Å². The van der Waals surface area contributed by atoms with Gasteiger partial charge in [-0.15, -0.1) is 32.9 Å². The summed E-state index contributed by atoms with van der Waals surface area (Å²) in [5.41, 5.74) is 1.60. The highest BCUT2D eigenvalue weighted by molar-refractivity contribution is 7.22. The Bertz CT molecular complexity index is 1110. The van der Waals surface area contributed by atoms with Gasteiger partial charge in [-0.2, -0.15) is 0 Å². The van der Waals surface area contributed by atoms with E-state index in [0.29, 0.717) is 0 Å². The lowest BCUT2D eigenvalue weighted by Crippen LogP contribution is -2.31.